The van der Waals surface area contributed by atoms with Gasteiger partial charge < -0.3 is 10.6 Å². The molecule has 0 aliphatic carbocycles. The van der Waals surface area contributed by atoms with Gasteiger partial charge in [-0.15, -0.1) is 0 Å². The van der Waals surface area contributed by atoms with Crippen LogP contribution >= 0.6 is 0 Å². The van der Waals surface area contributed by atoms with E-state index < -0.39 is 5.82 Å². The molecular weight excluding hydrogens is 219 g/mol. The van der Waals surface area contributed by atoms with Crippen LogP contribution in [-0.4, -0.2) is 29.1 Å². The molecule has 0 aromatic carbocycles. The van der Waals surface area contributed by atoms with Crippen molar-refractivity contribution in [1.29, 1.82) is 0 Å². The second-order valence-corrected chi connectivity index (χ2v) is 4.58. The summed E-state index contributed by atoms with van der Waals surface area (Å²) < 4.78 is 12.8. The van der Waals surface area contributed by atoms with Crippen molar-refractivity contribution >= 4 is 5.95 Å². The van der Waals surface area contributed by atoms with E-state index in [9.17, 15) is 4.39 Å². The maximum Gasteiger partial charge on any atom is 0.225 e. The lowest BCUT2D eigenvalue weighted by molar-refractivity contribution is 0.332. The fourth-order valence-corrected chi connectivity index (χ4v) is 2.45. The lowest BCUT2D eigenvalue weighted by Crippen LogP contribution is -2.47. The van der Waals surface area contributed by atoms with E-state index in [2.05, 4.69) is 21.8 Å². The van der Waals surface area contributed by atoms with Gasteiger partial charge in [0.05, 0.1) is 12.4 Å². The molecule has 0 radical (unpaired) electrons. The Morgan fingerprint density at radius 2 is 2.18 bits per heavy atom. The second-order valence-electron chi connectivity index (χ2n) is 4.58. The van der Waals surface area contributed by atoms with Crippen molar-refractivity contribution in [1.82, 2.24) is 9.97 Å². The third-order valence-electron chi connectivity index (χ3n) is 3.54. The number of piperidine rings is 1. The minimum Gasteiger partial charge on any atom is -0.337 e. The molecule has 1 aliphatic heterocycles. The van der Waals surface area contributed by atoms with Gasteiger partial charge in [0.1, 0.15) is 0 Å². The number of rotatable bonds is 3. The largest absolute Gasteiger partial charge is 0.337 e. The number of anilines is 1. The van der Waals surface area contributed by atoms with E-state index >= 15 is 0 Å². The Morgan fingerprint density at radius 3 is 2.76 bits per heavy atom. The first-order valence-electron chi connectivity index (χ1n) is 6.18. The molecule has 0 spiro atoms. The summed E-state index contributed by atoms with van der Waals surface area (Å²) in [5, 5.41) is 0. The smallest absolute Gasteiger partial charge is 0.225 e. The van der Waals surface area contributed by atoms with Crippen molar-refractivity contribution in [3.8, 4) is 0 Å². The molecule has 1 fully saturated rings. The molecule has 94 valence electrons. The fraction of sp³-hybridized carbons (Fsp3) is 0.667. The van der Waals surface area contributed by atoms with E-state index in [4.69, 9.17) is 5.73 Å². The molecule has 1 saturated heterocycles. The van der Waals surface area contributed by atoms with Crippen molar-refractivity contribution in [2.75, 3.05) is 18.0 Å². The molecule has 2 rings (SSSR count). The minimum atomic E-state index is -0.401. The second kappa shape index (κ2) is 5.40. The molecule has 0 saturated carbocycles. The zero-order valence-corrected chi connectivity index (χ0v) is 10.1. The van der Waals surface area contributed by atoms with Gasteiger partial charge in [0.25, 0.3) is 0 Å². The highest BCUT2D eigenvalue weighted by molar-refractivity contribution is 5.31. The predicted octanol–water partition coefficient (Wildman–Crippen LogP) is 1.57. The standard InChI is InChI=1S/C12H19FN4/c1-2-9-3-4-17(11(5-9)6-14)12-15-7-10(13)8-16-12/h7-9,11H,2-6,14H2,1H3. The molecule has 4 nitrogen and oxygen atoms in total. The van der Waals surface area contributed by atoms with Gasteiger partial charge in [-0.25, -0.2) is 14.4 Å². The Hall–Kier alpha value is -1.23. The highest BCUT2D eigenvalue weighted by atomic mass is 19.1. The summed E-state index contributed by atoms with van der Waals surface area (Å²) >= 11 is 0. The van der Waals surface area contributed by atoms with Crippen LogP contribution in [-0.2, 0) is 0 Å². The van der Waals surface area contributed by atoms with Crippen LogP contribution in [0.1, 0.15) is 26.2 Å². The zero-order chi connectivity index (χ0) is 12.3. The molecular formula is C12H19FN4. The molecule has 1 aromatic heterocycles. The molecule has 0 amide bonds. The fourth-order valence-electron chi connectivity index (χ4n) is 2.45. The van der Waals surface area contributed by atoms with Crippen LogP contribution < -0.4 is 10.6 Å². The van der Waals surface area contributed by atoms with Crippen LogP contribution in [0.4, 0.5) is 10.3 Å². The maximum atomic E-state index is 12.8. The van der Waals surface area contributed by atoms with Crippen molar-refractivity contribution in [2.45, 2.75) is 32.2 Å². The Labute approximate surface area is 101 Å². The van der Waals surface area contributed by atoms with Crippen LogP contribution in [0.3, 0.4) is 0 Å². The summed E-state index contributed by atoms with van der Waals surface area (Å²) in [7, 11) is 0. The monoisotopic (exact) mass is 238 g/mol. The quantitative estimate of drug-likeness (QED) is 0.868. The first-order valence-corrected chi connectivity index (χ1v) is 6.18. The molecule has 5 heteroatoms. The van der Waals surface area contributed by atoms with E-state index in [0.29, 0.717) is 12.5 Å². The summed E-state index contributed by atoms with van der Waals surface area (Å²) in [6.07, 6.45) is 5.82. The van der Waals surface area contributed by atoms with Crippen molar-refractivity contribution in [2.24, 2.45) is 11.7 Å². The van der Waals surface area contributed by atoms with Gasteiger partial charge in [-0.3, -0.25) is 0 Å². The minimum absolute atomic E-state index is 0.277. The average Bonchev–Trinajstić information content (AvgIpc) is 2.39. The number of hydrogen-bond donors (Lipinski definition) is 1. The van der Waals surface area contributed by atoms with Crippen LogP contribution in [0.15, 0.2) is 12.4 Å². The predicted molar refractivity (Wildman–Crippen MR) is 65.2 cm³/mol. The maximum absolute atomic E-state index is 12.8. The van der Waals surface area contributed by atoms with Crippen LogP contribution in [0, 0.1) is 11.7 Å². The number of aromatic nitrogens is 2. The number of halogens is 1. The zero-order valence-electron chi connectivity index (χ0n) is 10.1. The topological polar surface area (TPSA) is 55.0 Å². The number of nitrogens with zero attached hydrogens (tertiary/aromatic N) is 3. The Kier molecular flexibility index (Phi) is 3.89. The van der Waals surface area contributed by atoms with Gasteiger partial charge in [0.2, 0.25) is 5.95 Å². The van der Waals surface area contributed by atoms with Gasteiger partial charge in [-0.05, 0) is 18.8 Å². The van der Waals surface area contributed by atoms with E-state index in [1.807, 2.05) is 0 Å². The Balaban J connectivity index is 2.12. The summed E-state index contributed by atoms with van der Waals surface area (Å²) in [6.45, 7) is 3.71. The molecule has 1 aliphatic rings. The summed E-state index contributed by atoms with van der Waals surface area (Å²) in [6, 6.07) is 0.277. The van der Waals surface area contributed by atoms with Gasteiger partial charge in [-0.2, -0.15) is 0 Å². The van der Waals surface area contributed by atoms with Crippen molar-refractivity contribution in [3.63, 3.8) is 0 Å². The van der Waals surface area contributed by atoms with E-state index in [0.717, 1.165) is 25.3 Å². The Bertz CT molecular complexity index is 354. The van der Waals surface area contributed by atoms with E-state index in [1.165, 1.54) is 18.8 Å². The molecule has 2 atom stereocenters. The van der Waals surface area contributed by atoms with Gasteiger partial charge in [0, 0.05) is 19.1 Å². The summed E-state index contributed by atoms with van der Waals surface area (Å²) in [4.78, 5) is 10.2. The third-order valence-corrected chi connectivity index (χ3v) is 3.54. The Morgan fingerprint density at radius 1 is 1.47 bits per heavy atom. The van der Waals surface area contributed by atoms with E-state index in [-0.39, 0.29) is 6.04 Å². The molecule has 17 heavy (non-hydrogen) atoms. The first-order chi connectivity index (χ1) is 8.24. The molecule has 1 aromatic rings. The lowest BCUT2D eigenvalue weighted by atomic mass is 9.89. The van der Waals surface area contributed by atoms with Crippen molar-refractivity contribution < 1.29 is 4.39 Å². The average molecular weight is 238 g/mol. The van der Waals surface area contributed by atoms with E-state index in [1.54, 1.807) is 0 Å². The summed E-state index contributed by atoms with van der Waals surface area (Å²) in [5.41, 5.74) is 5.81. The number of nitrogens with two attached hydrogens (primary N) is 1. The molecule has 2 N–H and O–H groups in total. The highest BCUT2D eigenvalue weighted by Crippen LogP contribution is 2.27. The van der Waals surface area contributed by atoms with Crippen LogP contribution in [0.5, 0.6) is 0 Å². The first kappa shape index (κ1) is 12.2. The number of hydrogen-bond acceptors (Lipinski definition) is 4. The van der Waals surface area contributed by atoms with Crippen LogP contribution in [0.2, 0.25) is 0 Å². The summed E-state index contributed by atoms with van der Waals surface area (Å²) in [5.74, 6) is 0.929. The van der Waals surface area contributed by atoms with Crippen LogP contribution in [0.25, 0.3) is 0 Å². The normalized spacial score (nSPS) is 25.0. The van der Waals surface area contributed by atoms with Gasteiger partial charge >= 0.3 is 0 Å². The van der Waals surface area contributed by atoms with Crippen molar-refractivity contribution in [3.05, 3.63) is 18.2 Å². The molecule has 0 bridgehead atoms. The van der Waals surface area contributed by atoms with Gasteiger partial charge in [0.15, 0.2) is 5.82 Å². The molecule has 2 unspecified atom stereocenters. The third kappa shape index (κ3) is 2.72. The SMILES string of the molecule is CCC1CCN(c2ncc(F)cn2)C(CN)C1. The molecule has 2 heterocycles. The highest BCUT2D eigenvalue weighted by Gasteiger charge is 2.28. The lowest BCUT2D eigenvalue weighted by Gasteiger charge is -2.38. The van der Waals surface area contributed by atoms with Gasteiger partial charge in [-0.1, -0.05) is 13.3 Å².